The molecule has 2 heterocycles. The highest BCUT2D eigenvalue weighted by Gasteiger charge is 2.27. The summed E-state index contributed by atoms with van der Waals surface area (Å²) < 4.78 is 5.33. The lowest BCUT2D eigenvalue weighted by molar-refractivity contribution is 0.232. The smallest absolute Gasteiger partial charge is 0.232 e. The van der Waals surface area contributed by atoms with Gasteiger partial charge >= 0.3 is 0 Å². The molecule has 1 aliphatic heterocycles. The van der Waals surface area contributed by atoms with E-state index in [2.05, 4.69) is 41.1 Å². The Labute approximate surface area is 121 Å². The van der Waals surface area contributed by atoms with E-state index in [1.54, 1.807) is 0 Å². The van der Waals surface area contributed by atoms with Gasteiger partial charge in [0.1, 0.15) is 0 Å². The van der Waals surface area contributed by atoms with E-state index >= 15 is 0 Å². The predicted octanol–water partition coefficient (Wildman–Crippen LogP) is 1.97. The van der Waals surface area contributed by atoms with Crippen molar-refractivity contribution in [1.29, 1.82) is 0 Å². The summed E-state index contributed by atoms with van der Waals surface area (Å²) >= 11 is 0. The Balaban J connectivity index is 0.00000180. The third-order valence-corrected chi connectivity index (χ3v) is 3.39. The lowest BCUT2D eigenvalue weighted by atomic mass is 9.97. The minimum Gasteiger partial charge on any atom is -0.339 e. The largest absolute Gasteiger partial charge is 0.339 e. The van der Waals surface area contributed by atoms with E-state index in [0.29, 0.717) is 6.04 Å². The lowest BCUT2D eigenvalue weighted by Gasteiger charge is -2.22. The van der Waals surface area contributed by atoms with E-state index < -0.39 is 0 Å². The van der Waals surface area contributed by atoms with Crippen LogP contribution >= 0.6 is 12.4 Å². The van der Waals surface area contributed by atoms with Gasteiger partial charge in [0.25, 0.3) is 0 Å². The normalized spacial score (nSPS) is 20.5. The van der Waals surface area contributed by atoms with Crippen LogP contribution in [0.15, 0.2) is 4.52 Å². The van der Waals surface area contributed by atoms with Gasteiger partial charge in [0.15, 0.2) is 5.82 Å². The van der Waals surface area contributed by atoms with Crippen molar-refractivity contribution >= 4 is 12.4 Å². The Morgan fingerprint density at radius 1 is 1.42 bits per heavy atom. The lowest BCUT2D eigenvalue weighted by Crippen LogP contribution is -2.36. The van der Waals surface area contributed by atoms with E-state index in [4.69, 9.17) is 4.52 Å². The van der Waals surface area contributed by atoms with E-state index in [0.717, 1.165) is 31.3 Å². The van der Waals surface area contributed by atoms with Gasteiger partial charge in [-0.05, 0) is 26.4 Å². The molecule has 0 aliphatic carbocycles. The zero-order valence-electron chi connectivity index (χ0n) is 12.3. The third kappa shape index (κ3) is 4.16. The number of likely N-dealkylation sites (N-methyl/N-ethyl adjacent to an activating group) is 1. The average Bonchev–Trinajstić information content (AvgIpc) is 2.89. The Hall–Kier alpha value is -0.650. The summed E-state index contributed by atoms with van der Waals surface area (Å²) in [4.78, 5) is 6.94. The van der Waals surface area contributed by atoms with E-state index in [-0.39, 0.29) is 17.8 Å². The van der Waals surface area contributed by atoms with Gasteiger partial charge in [0, 0.05) is 18.0 Å². The van der Waals surface area contributed by atoms with Crippen molar-refractivity contribution in [3.8, 4) is 0 Å². The molecule has 1 fully saturated rings. The molecule has 1 unspecified atom stereocenters. The Kier molecular flexibility index (Phi) is 5.77. The number of hydrogen-bond acceptors (Lipinski definition) is 5. The standard InChI is InChI=1S/C13H24N4O.ClH/c1-13(2,3)12-15-11(16-18-12)9-17-7-5-6-10(17)8-14-4;/h10,14H,5-9H2,1-4H3;1H. The molecule has 0 radical (unpaired) electrons. The maximum Gasteiger partial charge on any atom is 0.232 e. The molecule has 1 saturated heterocycles. The summed E-state index contributed by atoms with van der Waals surface area (Å²) in [5.74, 6) is 1.53. The number of nitrogens with zero attached hydrogens (tertiary/aromatic N) is 3. The van der Waals surface area contributed by atoms with Crippen LogP contribution in [0.25, 0.3) is 0 Å². The van der Waals surface area contributed by atoms with Gasteiger partial charge in [-0.3, -0.25) is 4.90 Å². The molecule has 0 bridgehead atoms. The first kappa shape index (κ1) is 16.4. The summed E-state index contributed by atoms with van der Waals surface area (Å²) in [6, 6.07) is 0.603. The molecule has 6 heteroatoms. The van der Waals surface area contributed by atoms with Gasteiger partial charge in [0.05, 0.1) is 6.54 Å². The molecule has 110 valence electrons. The summed E-state index contributed by atoms with van der Waals surface area (Å²) in [5, 5.41) is 7.34. The summed E-state index contributed by atoms with van der Waals surface area (Å²) in [6.07, 6.45) is 2.52. The highest BCUT2D eigenvalue weighted by molar-refractivity contribution is 5.85. The van der Waals surface area contributed by atoms with Gasteiger partial charge in [0.2, 0.25) is 5.89 Å². The Morgan fingerprint density at radius 2 is 2.16 bits per heavy atom. The zero-order chi connectivity index (χ0) is 13.2. The Bertz CT molecular complexity index is 388. The number of halogens is 1. The van der Waals surface area contributed by atoms with Crippen molar-refractivity contribution in [1.82, 2.24) is 20.4 Å². The number of hydrogen-bond donors (Lipinski definition) is 1. The highest BCUT2D eigenvalue weighted by atomic mass is 35.5. The molecule has 0 spiro atoms. The second kappa shape index (κ2) is 6.68. The molecule has 19 heavy (non-hydrogen) atoms. The van der Waals surface area contributed by atoms with Crippen LogP contribution in [0.3, 0.4) is 0 Å². The number of nitrogens with one attached hydrogen (secondary N) is 1. The average molecular weight is 289 g/mol. The minimum absolute atomic E-state index is 0. The Morgan fingerprint density at radius 3 is 2.74 bits per heavy atom. The fourth-order valence-corrected chi connectivity index (χ4v) is 2.37. The third-order valence-electron chi connectivity index (χ3n) is 3.39. The fourth-order valence-electron chi connectivity index (χ4n) is 2.37. The van der Waals surface area contributed by atoms with Crippen molar-refractivity contribution in [3.05, 3.63) is 11.7 Å². The van der Waals surface area contributed by atoms with Crippen molar-refractivity contribution in [2.24, 2.45) is 0 Å². The maximum absolute atomic E-state index is 5.33. The molecule has 1 aromatic heterocycles. The van der Waals surface area contributed by atoms with Gasteiger partial charge < -0.3 is 9.84 Å². The van der Waals surface area contributed by atoms with Gasteiger partial charge in [-0.1, -0.05) is 25.9 Å². The van der Waals surface area contributed by atoms with Crippen LogP contribution in [0, 0.1) is 0 Å². The van der Waals surface area contributed by atoms with Crippen LogP contribution in [0.2, 0.25) is 0 Å². The van der Waals surface area contributed by atoms with Crippen LogP contribution in [-0.2, 0) is 12.0 Å². The maximum atomic E-state index is 5.33. The molecule has 0 saturated carbocycles. The van der Waals surface area contributed by atoms with Crippen LogP contribution in [0.1, 0.15) is 45.3 Å². The molecule has 1 atom stereocenters. The quantitative estimate of drug-likeness (QED) is 0.918. The van der Waals surface area contributed by atoms with Crippen LogP contribution in [-0.4, -0.2) is 41.2 Å². The van der Waals surface area contributed by atoms with E-state index in [1.807, 2.05) is 7.05 Å². The first-order valence-electron chi connectivity index (χ1n) is 6.72. The van der Waals surface area contributed by atoms with Gasteiger partial charge in [-0.25, -0.2) is 0 Å². The first-order valence-corrected chi connectivity index (χ1v) is 6.72. The molecule has 2 rings (SSSR count). The van der Waals surface area contributed by atoms with Crippen molar-refractivity contribution in [3.63, 3.8) is 0 Å². The molecule has 0 amide bonds. The van der Waals surface area contributed by atoms with Crippen LogP contribution in [0.4, 0.5) is 0 Å². The van der Waals surface area contributed by atoms with E-state index in [1.165, 1.54) is 12.8 Å². The van der Waals surface area contributed by atoms with Crippen molar-refractivity contribution in [2.45, 2.75) is 51.6 Å². The number of rotatable bonds is 4. The number of aromatic nitrogens is 2. The molecule has 1 aliphatic rings. The van der Waals surface area contributed by atoms with Gasteiger partial charge in [-0.2, -0.15) is 4.98 Å². The SMILES string of the molecule is CNCC1CCCN1Cc1noc(C(C)(C)C)n1.Cl. The summed E-state index contributed by atoms with van der Waals surface area (Å²) in [7, 11) is 2.00. The number of likely N-dealkylation sites (tertiary alicyclic amines) is 1. The highest BCUT2D eigenvalue weighted by Crippen LogP contribution is 2.22. The topological polar surface area (TPSA) is 54.2 Å². The second-order valence-electron chi connectivity index (χ2n) is 6.09. The molecular formula is C13H25ClN4O. The van der Waals surface area contributed by atoms with Crippen LogP contribution < -0.4 is 5.32 Å². The molecular weight excluding hydrogens is 264 g/mol. The minimum atomic E-state index is -0.0688. The van der Waals surface area contributed by atoms with Gasteiger partial charge in [-0.15, -0.1) is 12.4 Å². The molecule has 5 nitrogen and oxygen atoms in total. The zero-order valence-corrected chi connectivity index (χ0v) is 13.1. The van der Waals surface area contributed by atoms with Crippen molar-refractivity contribution in [2.75, 3.05) is 20.1 Å². The molecule has 0 aromatic carbocycles. The molecule has 1 N–H and O–H groups in total. The second-order valence-corrected chi connectivity index (χ2v) is 6.09. The first-order chi connectivity index (χ1) is 8.50. The van der Waals surface area contributed by atoms with E-state index in [9.17, 15) is 0 Å². The molecule has 1 aromatic rings. The predicted molar refractivity (Wildman–Crippen MR) is 77.6 cm³/mol. The summed E-state index contributed by atoms with van der Waals surface area (Å²) in [5.41, 5.74) is -0.0688. The fraction of sp³-hybridized carbons (Fsp3) is 0.846. The van der Waals surface area contributed by atoms with Crippen LogP contribution in [0.5, 0.6) is 0 Å². The summed E-state index contributed by atoms with van der Waals surface area (Å²) in [6.45, 7) is 9.22. The monoisotopic (exact) mass is 288 g/mol. The van der Waals surface area contributed by atoms with Crippen molar-refractivity contribution < 1.29 is 4.52 Å².